The number of benzene rings is 1. The Bertz CT molecular complexity index is 844. The fourth-order valence-electron chi connectivity index (χ4n) is 3.90. The van der Waals surface area contributed by atoms with Crippen LogP contribution in [0.5, 0.6) is 0 Å². The van der Waals surface area contributed by atoms with Gasteiger partial charge in [0.15, 0.2) is 0 Å². The van der Waals surface area contributed by atoms with Crippen molar-refractivity contribution < 1.29 is 0 Å². The van der Waals surface area contributed by atoms with E-state index < -0.39 is 0 Å². The summed E-state index contributed by atoms with van der Waals surface area (Å²) in [6, 6.07) is 8.76. The molecule has 4 heteroatoms. The molecular weight excluding hydrogens is 296 g/mol. The van der Waals surface area contributed by atoms with E-state index in [1.165, 1.54) is 34.9 Å². The lowest BCUT2D eigenvalue weighted by atomic mass is 9.89. The summed E-state index contributed by atoms with van der Waals surface area (Å²) >= 11 is 0. The van der Waals surface area contributed by atoms with Crippen molar-refractivity contribution in [1.29, 1.82) is 0 Å². The van der Waals surface area contributed by atoms with Crippen LogP contribution in [0.25, 0.3) is 10.9 Å². The number of nitrogens with one attached hydrogen (secondary N) is 1. The quantitative estimate of drug-likeness (QED) is 0.786. The molecule has 1 saturated heterocycles. The van der Waals surface area contributed by atoms with Crippen molar-refractivity contribution in [3.8, 4) is 0 Å². The van der Waals surface area contributed by atoms with Crippen LogP contribution in [0.15, 0.2) is 36.8 Å². The van der Waals surface area contributed by atoms with Crippen molar-refractivity contribution in [3.63, 3.8) is 0 Å². The lowest BCUT2D eigenvalue weighted by Gasteiger charge is -2.32. The topological polar surface area (TPSA) is 44.8 Å². The Balaban J connectivity index is 1.54. The van der Waals surface area contributed by atoms with E-state index in [0.717, 1.165) is 31.0 Å². The molecule has 0 atom stereocenters. The molecule has 1 aliphatic rings. The summed E-state index contributed by atoms with van der Waals surface area (Å²) in [4.78, 5) is 14.5. The Morgan fingerprint density at radius 2 is 2.04 bits per heavy atom. The smallest absolute Gasteiger partial charge is 0.132 e. The minimum absolute atomic E-state index is 0.630. The van der Waals surface area contributed by atoms with Crippen LogP contribution in [-0.4, -0.2) is 28.0 Å². The summed E-state index contributed by atoms with van der Waals surface area (Å²) in [6.45, 7) is 6.36. The molecule has 0 unspecified atom stereocenters. The van der Waals surface area contributed by atoms with Crippen molar-refractivity contribution in [2.75, 3.05) is 18.0 Å². The first kappa shape index (κ1) is 15.2. The van der Waals surface area contributed by atoms with Gasteiger partial charge in [-0.2, -0.15) is 0 Å². The van der Waals surface area contributed by atoms with E-state index in [-0.39, 0.29) is 0 Å². The zero-order valence-corrected chi connectivity index (χ0v) is 14.4. The van der Waals surface area contributed by atoms with Gasteiger partial charge in [0.2, 0.25) is 0 Å². The van der Waals surface area contributed by atoms with E-state index in [9.17, 15) is 0 Å². The SMILES string of the molecule is CCc1cccc2c(C3CCN(c4cc(C)ncn4)CC3)c[nH]c12. The van der Waals surface area contributed by atoms with Gasteiger partial charge in [0.25, 0.3) is 0 Å². The fourth-order valence-corrected chi connectivity index (χ4v) is 3.90. The maximum atomic E-state index is 4.43. The second kappa shape index (κ2) is 6.27. The molecule has 3 aromatic rings. The van der Waals surface area contributed by atoms with Gasteiger partial charge in [0, 0.05) is 41.9 Å². The van der Waals surface area contributed by atoms with Crippen molar-refractivity contribution >= 4 is 16.7 Å². The molecule has 4 nitrogen and oxygen atoms in total. The van der Waals surface area contributed by atoms with Crippen LogP contribution in [0.4, 0.5) is 5.82 Å². The zero-order chi connectivity index (χ0) is 16.5. The molecule has 0 radical (unpaired) electrons. The fraction of sp³-hybridized carbons (Fsp3) is 0.400. The number of aromatic nitrogens is 3. The Morgan fingerprint density at radius 1 is 1.21 bits per heavy atom. The first-order valence-corrected chi connectivity index (χ1v) is 8.88. The van der Waals surface area contributed by atoms with E-state index in [2.05, 4.69) is 57.2 Å². The van der Waals surface area contributed by atoms with Crippen LogP contribution < -0.4 is 4.90 Å². The standard InChI is InChI=1S/C20H24N4/c1-3-15-5-4-6-17-18(12-21-20(15)17)16-7-9-24(10-8-16)19-11-14(2)22-13-23-19/h4-6,11-13,16,21H,3,7-10H2,1-2H3. The van der Waals surface area contributed by atoms with Crippen molar-refractivity contribution in [2.24, 2.45) is 0 Å². The van der Waals surface area contributed by atoms with E-state index in [0.29, 0.717) is 5.92 Å². The Kier molecular flexibility index (Phi) is 3.97. The molecule has 0 aliphatic carbocycles. The molecule has 0 amide bonds. The molecule has 1 aliphatic heterocycles. The molecule has 1 fully saturated rings. The highest BCUT2D eigenvalue weighted by atomic mass is 15.2. The van der Waals surface area contributed by atoms with Gasteiger partial charge in [0.05, 0.1) is 0 Å². The van der Waals surface area contributed by atoms with E-state index in [1.54, 1.807) is 6.33 Å². The second-order valence-corrected chi connectivity index (χ2v) is 6.72. The Hall–Kier alpha value is -2.36. The minimum atomic E-state index is 0.630. The second-order valence-electron chi connectivity index (χ2n) is 6.72. The van der Waals surface area contributed by atoms with Gasteiger partial charge in [0.1, 0.15) is 12.1 Å². The number of aryl methyl sites for hydroxylation is 2. The first-order chi connectivity index (χ1) is 11.8. The third-order valence-electron chi connectivity index (χ3n) is 5.26. The number of aromatic amines is 1. The summed E-state index contributed by atoms with van der Waals surface area (Å²) in [7, 11) is 0. The molecule has 1 aromatic carbocycles. The zero-order valence-electron chi connectivity index (χ0n) is 14.4. The van der Waals surface area contributed by atoms with Crippen LogP contribution in [0.1, 0.15) is 42.5 Å². The third-order valence-corrected chi connectivity index (χ3v) is 5.26. The van der Waals surface area contributed by atoms with Gasteiger partial charge in [-0.25, -0.2) is 9.97 Å². The van der Waals surface area contributed by atoms with Crippen LogP contribution in [0, 0.1) is 6.92 Å². The molecule has 2 aromatic heterocycles. The van der Waals surface area contributed by atoms with Crippen molar-refractivity contribution in [3.05, 3.63) is 53.6 Å². The molecule has 4 rings (SSSR count). The molecule has 1 N–H and O–H groups in total. The number of H-pyrrole nitrogens is 1. The lowest BCUT2D eigenvalue weighted by molar-refractivity contribution is 0.504. The molecular formula is C20H24N4. The monoisotopic (exact) mass is 320 g/mol. The van der Waals surface area contributed by atoms with Gasteiger partial charge in [-0.15, -0.1) is 0 Å². The molecule has 0 saturated carbocycles. The Labute approximate surface area is 142 Å². The van der Waals surface area contributed by atoms with Gasteiger partial charge in [-0.1, -0.05) is 25.1 Å². The number of rotatable bonds is 3. The number of piperidine rings is 1. The number of hydrogen-bond donors (Lipinski definition) is 1. The molecule has 0 bridgehead atoms. The van der Waals surface area contributed by atoms with E-state index >= 15 is 0 Å². The van der Waals surface area contributed by atoms with Gasteiger partial charge >= 0.3 is 0 Å². The van der Waals surface area contributed by atoms with Crippen molar-refractivity contribution in [2.45, 2.75) is 39.0 Å². The van der Waals surface area contributed by atoms with Gasteiger partial charge in [-0.05, 0) is 43.2 Å². The van der Waals surface area contributed by atoms with Crippen LogP contribution in [0.2, 0.25) is 0 Å². The highest BCUT2D eigenvalue weighted by Crippen LogP contribution is 2.35. The molecule has 0 spiro atoms. The average molecular weight is 320 g/mol. The van der Waals surface area contributed by atoms with E-state index in [1.807, 2.05) is 6.92 Å². The number of nitrogens with zero attached hydrogens (tertiary/aromatic N) is 3. The van der Waals surface area contributed by atoms with Crippen LogP contribution >= 0.6 is 0 Å². The lowest BCUT2D eigenvalue weighted by Crippen LogP contribution is -2.33. The highest BCUT2D eigenvalue weighted by Gasteiger charge is 2.23. The van der Waals surface area contributed by atoms with Crippen LogP contribution in [0.3, 0.4) is 0 Å². The van der Waals surface area contributed by atoms with Crippen LogP contribution in [-0.2, 0) is 6.42 Å². The normalized spacial score (nSPS) is 16.0. The summed E-state index contributed by atoms with van der Waals surface area (Å²) in [5, 5.41) is 1.41. The summed E-state index contributed by atoms with van der Waals surface area (Å²) < 4.78 is 0. The van der Waals surface area contributed by atoms with Gasteiger partial charge in [-0.3, -0.25) is 0 Å². The molecule has 3 heterocycles. The minimum Gasteiger partial charge on any atom is -0.361 e. The number of para-hydroxylation sites is 1. The summed E-state index contributed by atoms with van der Waals surface area (Å²) in [5.74, 6) is 1.69. The number of hydrogen-bond acceptors (Lipinski definition) is 3. The summed E-state index contributed by atoms with van der Waals surface area (Å²) in [6.07, 6.45) is 7.32. The first-order valence-electron chi connectivity index (χ1n) is 8.88. The molecule has 124 valence electrons. The predicted octanol–water partition coefficient (Wildman–Crippen LogP) is 4.21. The average Bonchev–Trinajstić information content (AvgIpc) is 3.06. The number of anilines is 1. The third kappa shape index (κ3) is 2.66. The number of fused-ring (bicyclic) bond motifs is 1. The predicted molar refractivity (Wildman–Crippen MR) is 98.6 cm³/mol. The summed E-state index contributed by atoms with van der Waals surface area (Å²) in [5.41, 5.74) is 5.25. The molecule has 24 heavy (non-hydrogen) atoms. The Morgan fingerprint density at radius 3 is 2.79 bits per heavy atom. The maximum Gasteiger partial charge on any atom is 0.132 e. The highest BCUT2D eigenvalue weighted by molar-refractivity contribution is 5.86. The van der Waals surface area contributed by atoms with Gasteiger partial charge < -0.3 is 9.88 Å². The van der Waals surface area contributed by atoms with Crippen molar-refractivity contribution in [1.82, 2.24) is 15.0 Å². The largest absolute Gasteiger partial charge is 0.361 e. The van der Waals surface area contributed by atoms with E-state index in [4.69, 9.17) is 0 Å². The maximum absolute atomic E-state index is 4.43.